The van der Waals surface area contributed by atoms with Gasteiger partial charge in [-0.3, -0.25) is 0 Å². The SMILES string of the molecule is NC1CCN(S(=O)(=O)c2cccc(-c3ccccc3)c2)C1. The summed E-state index contributed by atoms with van der Waals surface area (Å²) in [5.41, 5.74) is 7.72. The molecule has 0 bridgehead atoms. The number of nitrogens with two attached hydrogens (primary N) is 1. The summed E-state index contributed by atoms with van der Waals surface area (Å²) in [6.45, 7) is 0.900. The summed E-state index contributed by atoms with van der Waals surface area (Å²) < 4.78 is 26.7. The average molecular weight is 302 g/mol. The van der Waals surface area contributed by atoms with Crippen LogP contribution >= 0.6 is 0 Å². The van der Waals surface area contributed by atoms with E-state index >= 15 is 0 Å². The molecule has 1 heterocycles. The van der Waals surface area contributed by atoms with Gasteiger partial charge < -0.3 is 5.73 Å². The maximum Gasteiger partial charge on any atom is 0.243 e. The van der Waals surface area contributed by atoms with Crippen molar-refractivity contribution >= 4 is 10.0 Å². The Morgan fingerprint density at radius 3 is 2.38 bits per heavy atom. The maximum absolute atomic E-state index is 12.6. The molecule has 0 aromatic heterocycles. The Morgan fingerprint density at radius 1 is 1.00 bits per heavy atom. The van der Waals surface area contributed by atoms with Crippen molar-refractivity contribution in [3.8, 4) is 11.1 Å². The van der Waals surface area contributed by atoms with Crippen molar-refractivity contribution in [2.45, 2.75) is 17.4 Å². The predicted molar refractivity (Wildman–Crippen MR) is 83.2 cm³/mol. The van der Waals surface area contributed by atoms with Gasteiger partial charge in [0.1, 0.15) is 0 Å². The molecular formula is C16H18N2O2S. The minimum absolute atomic E-state index is 0.0583. The summed E-state index contributed by atoms with van der Waals surface area (Å²) >= 11 is 0. The molecule has 0 aliphatic carbocycles. The first-order chi connectivity index (χ1) is 10.1. The molecule has 2 aromatic carbocycles. The molecule has 21 heavy (non-hydrogen) atoms. The van der Waals surface area contributed by atoms with Gasteiger partial charge in [-0.25, -0.2) is 8.42 Å². The van der Waals surface area contributed by atoms with E-state index in [0.717, 1.165) is 17.5 Å². The van der Waals surface area contributed by atoms with Crippen molar-refractivity contribution in [1.29, 1.82) is 0 Å². The largest absolute Gasteiger partial charge is 0.326 e. The van der Waals surface area contributed by atoms with Crippen molar-refractivity contribution in [3.05, 3.63) is 54.6 Å². The van der Waals surface area contributed by atoms with E-state index in [9.17, 15) is 8.42 Å². The Balaban J connectivity index is 1.96. The molecule has 1 atom stereocenters. The van der Waals surface area contributed by atoms with E-state index in [4.69, 9.17) is 5.73 Å². The molecule has 3 rings (SSSR count). The van der Waals surface area contributed by atoms with Crippen LogP contribution in [0.2, 0.25) is 0 Å². The number of rotatable bonds is 3. The first kappa shape index (κ1) is 14.3. The molecule has 0 radical (unpaired) electrons. The fraction of sp³-hybridized carbons (Fsp3) is 0.250. The van der Waals surface area contributed by atoms with E-state index < -0.39 is 10.0 Å². The molecule has 0 spiro atoms. The van der Waals surface area contributed by atoms with Crippen LogP contribution in [-0.4, -0.2) is 31.9 Å². The van der Waals surface area contributed by atoms with Crippen LogP contribution in [0.3, 0.4) is 0 Å². The van der Waals surface area contributed by atoms with E-state index in [0.29, 0.717) is 18.0 Å². The van der Waals surface area contributed by atoms with Gasteiger partial charge in [0, 0.05) is 19.1 Å². The Bertz CT molecular complexity index is 729. The van der Waals surface area contributed by atoms with E-state index in [1.807, 2.05) is 36.4 Å². The zero-order valence-electron chi connectivity index (χ0n) is 11.6. The van der Waals surface area contributed by atoms with Gasteiger partial charge >= 0.3 is 0 Å². The lowest BCUT2D eigenvalue weighted by Crippen LogP contribution is -2.31. The number of sulfonamides is 1. The summed E-state index contributed by atoms with van der Waals surface area (Å²) in [6, 6.07) is 16.8. The molecular weight excluding hydrogens is 284 g/mol. The summed E-state index contributed by atoms with van der Waals surface area (Å²) in [5.74, 6) is 0. The first-order valence-corrected chi connectivity index (χ1v) is 8.42. The Kier molecular flexibility index (Phi) is 3.80. The lowest BCUT2D eigenvalue weighted by Gasteiger charge is -2.16. The molecule has 4 nitrogen and oxygen atoms in total. The fourth-order valence-electron chi connectivity index (χ4n) is 2.59. The van der Waals surface area contributed by atoms with Crippen molar-refractivity contribution in [2.24, 2.45) is 5.73 Å². The molecule has 5 heteroatoms. The highest BCUT2D eigenvalue weighted by molar-refractivity contribution is 7.89. The smallest absolute Gasteiger partial charge is 0.243 e. The van der Waals surface area contributed by atoms with E-state index in [1.165, 1.54) is 4.31 Å². The highest BCUT2D eigenvalue weighted by Crippen LogP contribution is 2.25. The van der Waals surface area contributed by atoms with Gasteiger partial charge in [0.15, 0.2) is 0 Å². The van der Waals surface area contributed by atoms with Crippen molar-refractivity contribution in [1.82, 2.24) is 4.31 Å². The molecule has 1 aliphatic heterocycles. The monoisotopic (exact) mass is 302 g/mol. The van der Waals surface area contributed by atoms with Gasteiger partial charge in [-0.2, -0.15) is 4.31 Å². The number of benzene rings is 2. The molecule has 1 unspecified atom stereocenters. The van der Waals surface area contributed by atoms with Crippen LogP contribution in [0.15, 0.2) is 59.5 Å². The van der Waals surface area contributed by atoms with Crippen molar-refractivity contribution in [2.75, 3.05) is 13.1 Å². The van der Waals surface area contributed by atoms with Crippen LogP contribution in [0.1, 0.15) is 6.42 Å². The Morgan fingerprint density at radius 2 is 1.71 bits per heavy atom. The Hall–Kier alpha value is -1.69. The molecule has 110 valence electrons. The lowest BCUT2D eigenvalue weighted by atomic mass is 10.1. The first-order valence-electron chi connectivity index (χ1n) is 6.98. The second-order valence-corrected chi connectivity index (χ2v) is 7.24. The molecule has 2 aromatic rings. The second kappa shape index (κ2) is 5.60. The van der Waals surface area contributed by atoms with Gasteiger partial charge in [-0.05, 0) is 29.7 Å². The predicted octanol–water partition coefficient (Wildman–Crippen LogP) is 2.08. The average Bonchev–Trinajstić information content (AvgIpc) is 2.96. The number of nitrogens with zero attached hydrogens (tertiary/aromatic N) is 1. The highest BCUT2D eigenvalue weighted by atomic mass is 32.2. The topological polar surface area (TPSA) is 63.4 Å². The van der Waals surface area contributed by atoms with Crippen LogP contribution in [0, 0.1) is 0 Å². The van der Waals surface area contributed by atoms with E-state index in [2.05, 4.69) is 0 Å². The number of hydrogen-bond donors (Lipinski definition) is 1. The highest BCUT2D eigenvalue weighted by Gasteiger charge is 2.30. The number of hydrogen-bond acceptors (Lipinski definition) is 3. The molecule has 2 N–H and O–H groups in total. The second-order valence-electron chi connectivity index (χ2n) is 5.31. The van der Waals surface area contributed by atoms with Gasteiger partial charge in [0.25, 0.3) is 0 Å². The normalized spacial score (nSPS) is 19.8. The molecule has 0 saturated carbocycles. The maximum atomic E-state index is 12.6. The van der Waals surface area contributed by atoms with Crippen molar-refractivity contribution in [3.63, 3.8) is 0 Å². The summed E-state index contributed by atoms with van der Waals surface area (Å²) in [6.07, 6.45) is 0.720. The molecule has 1 saturated heterocycles. The molecule has 1 fully saturated rings. The zero-order chi connectivity index (χ0) is 14.9. The Labute approximate surface area is 125 Å². The van der Waals surface area contributed by atoms with E-state index in [-0.39, 0.29) is 6.04 Å². The van der Waals surface area contributed by atoms with Crippen molar-refractivity contribution < 1.29 is 8.42 Å². The fourth-order valence-corrected chi connectivity index (χ4v) is 4.15. The van der Waals surface area contributed by atoms with Crippen LogP contribution < -0.4 is 5.73 Å². The minimum Gasteiger partial charge on any atom is -0.326 e. The van der Waals surface area contributed by atoms with Crippen LogP contribution in [-0.2, 0) is 10.0 Å². The molecule has 0 amide bonds. The van der Waals surface area contributed by atoms with E-state index in [1.54, 1.807) is 18.2 Å². The van der Waals surface area contributed by atoms with Crippen LogP contribution in [0.4, 0.5) is 0 Å². The van der Waals surface area contributed by atoms with Crippen LogP contribution in [0.5, 0.6) is 0 Å². The summed E-state index contributed by atoms with van der Waals surface area (Å²) in [7, 11) is -3.45. The zero-order valence-corrected chi connectivity index (χ0v) is 12.5. The standard InChI is InChI=1S/C16H18N2O2S/c17-15-9-10-18(12-15)21(19,20)16-8-4-7-14(11-16)13-5-2-1-3-6-13/h1-8,11,15H,9-10,12,17H2. The third-order valence-electron chi connectivity index (χ3n) is 3.77. The summed E-state index contributed by atoms with van der Waals surface area (Å²) in [4.78, 5) is 0.331. The summed E-state index contributed by atoms with van der Waals surface area (Å²) in [5, 5.41) is 0. The third kappa shape index (κ3) is 2.85. The van der Waals surface area contributed by atoms with Crippen LogP contribution in [0.25, 0.3) is 11.1 Å². The quantitative estimate of drug-likeness (QED) is 0.944. The lowest BCUT2D eigenvalue weighted by molar-refractivity contribution is 0.472. The third-order valence-corrected chi connectivity index (χ3v) is 5.63. The van der Waals surface area contributed by atoms with Gasteiger partial charge in [-0.1, -0.05) is 42.5 Å². The van der Waals surface area contributed by atoms with Gasteiger partial charge in [0.05, 0.1) is 4.90 Å². The minimum atomic E-state index is -3.45. The van der Waals surface area contributed by atoms with Gasteiger partial charge in [0.2, 0.25) is 10.0 Å². The van der Waals surface area contributed by atoms with Gasteiger partial charge in [-0.15, -0.1) is 0 Å². The molecule has 1 aliphatic rings.